The van der Waals surface area contributed by atoms with Crippen molar-refractivity contribution in [2.24, 2.45) is 5.92 Å². The number of rotatable bonds is 6. The van der Waals surface area contributed by atoms with E-state index in [0.29, 0.717) is 24.6 Å². The quantitative estimate of drug-likeness (QED) is 0.823. The van der Waals surface area contributed by atoms with Gasteiger partial charge >= 0.3 is 0 Å². The first kappa shape index (κ1) is 13.6. The van der Waals surface area contributed by atoms with E-state index in [2.05, 4.69) is 19.2 Å². The summed E-state index contributed by atoms with van der Waals surface area (Å²) in [5, 5.41) is 2.84. The first-order chi connectivity index (χ1) is 8.13. The summed E-state index contributed by atoms with van der Waals surface area (Å²) < 4.78 is 5.55. The van der Waals surface area contributed by atoms with Crippen molar-refractivity contribution in [3.63, 3.8) is 0 Å². The van der Waals surface area contributed by atoms with Gasteiger partial charge in [0.25, 0.3) is 5.91 Å². The van der Waals surface area contributed by atoms with Gasteiger partial charge in [-0.15, -0.1) is 0 Å². The Balaban J connectivity index is 2.52. The third-order valence-corrected chi connectivity index (χ3v) is 2.24. The average molecular weight is 235 g/mol. The molecule has 1 aromatic rings. The highest BCUT2D eigenvalue weighted by molar-refractivity contribution is 5.94. The lowest BCUT2D eigenvalue weighted by Crippen LogP contribution is -2.23. The molecule has 17 heavy (non-hydrogen) atoms. The second-order valence-corrected chi connectivity index (χ2v) is 4.49. The third kappa shape index (κ3) is 4.89. The van der Waals surface area contributed by atoms with Gasteiger partial charge in [0.15, 0.2) is 0 Å². The minimum atomic E-state index is -0.0257. The monoisotopic (exact) mass is 235 g/mol. The van der Waals surface area contributed by atoms with Crippen LogP contribution in [0.5, 0.6) is 5.75 Å². The van der Waals surface area contributed by atoms with E-state index in [1.807, 2.05) is 19.1 Å². The normalized spacial score (nSPS) is 10.4. The summed E-state index contributed by atoms with van der Waals surface area (Å²) in [5.41, 5.74) is 0.676. The highest BCUT2D eigenvalue weighted by Gasteiger charge is 2.04. The predicted molar refractivity (Wildman–Crippen MR) is 69.4 cm³/mol. The molecule has 0 spiro atoms. The fourth-order valence-corrected chi connectivity index (χ4v) is 1.31. The summed E-state index contributed by atoms with van der Waals surface area (Å²) in [6.07, 6.45) is 0.946. The van der Waals surface area contributed by atoms with Crippen LogP contribution in [0.4, 0.5) is 0 Å². The molecule has 0 saturated heterocycles. The van der Waals surface area contributed by atoms with Crippen LogP contribution in [0.15, 0.2) is 24.3 Å². The largest absolute Gasteiger partial charge is 0.493 e. The van der Waals surface area contributed by atoms with Crippen LogP contribution in [0, 0.1) is 5.92 Å². The summed E-state index contributed by atoms with van der Waals surface area (Å²) in [6.45, 7) is 7.65. The number of hydrogen-bond acceptors (Lipinski definition) is 2. The number of nitrogens with one attached hydrogen (secondary N) is 1. The second kappa shape index (κ2) is 6.94. The van der Waals surface area contributed by atoms with Crippen LogP contribution in [0.25, 0.3) is 0 Å². The SMILES string of the molecule is CCCNC(=O)c1ccc(OCC(C)C)cc1. The molecule has 94 valence electrons. The van der Waals surface area contributed by atoms with Crippen LogP contribution in [0.1, 0.15) is 37.6 Å². The Bertz CT molecular complexity index is 344. The van der Waals surface area contributed by atoms with E-state index in [0.717, 1.165) is 12.2 Å². The number of benzene rings is 1. The zero-order chi connectivity index (χ0) is 12.7. The number of ether oxygens (including phenoxy) is 1. The van der Waals surface area contributed by atoms with Crippen molar-refractivity contribution in [2.45, 2.75) is 27.2 Å². The van der Waals surface area contributed by atoms with Gasteiger partial charge in [-0.25, -0.2) is 0 Å². The van der Waals surface area contributed by atoms with Gasteiger partial charge in [0.05, 0.1) is 6.61 Å². The minimum absolute atomic E-state index is 0.0257. The highest BCUT2D eigenvalue weighted by Crippen LogP contribution is 2.13. The van der Waals surface area contributed by atoms with Gasteiger partial charge in [-0.2, -0.15) is 0 Å². The first-order valence-electron chi connectivity index (χ1n) is 6.14. The Hall–Kier alpha value is -1.51. The summed E-state index contributed by atoms with van der Waals surface area (Å²) >= 11 is 0. The highest BCUT2D eigenvalue weighted by atomic mass is 16.5. The number of amides is 1. The zero-order valence-electron chi connectivity index (χ0n) is 10.8. The number of hydrogen-bond donors (Lipinski definition) is 1. The molecule has 0 aromatic heterocycles. The molecule has 0 atom stereocenters. The van der Waals surface area contributed by atoms with E-state index < -0.39 is 0 Å². The summed E-state index contributed by atoms with van der Waals surface area (Å²) in [6, 6.07) is 7.26. The van der Waals surface area contributed by atoms with Gasteiger partial charge in [0, 0.05) is 12.1 Å². The maximum Gasteiger partial charge on any atom is 0.251 e. The predicted octanol–water partition coefficient (Wildman–Crippen LogP) is 2.86. The minimum Gasteiger partial charge on any atom is -0.493 e. The maximum absolute atomic E-state index is 11.6. The van der Waals surface area contributed by atoms with Gasteiger partial charge in [-0.3, -0.25) is 4.79 Å². The van der Waals surface area contributed by atoms with Gasteiger partial charge in [-0.05, 0) is 36.6 Å². The molecule has 3 nitrogen and oxygen atoms in total. The van der Waals surface area contributed by atoms with Crippen molar-refractivity contribution in [3.05, 3.63) is 29.8 Å². The molecule has 0 saturated carbocycles. The Morgan fingerprint density at radius 1 is 1.29 bits per heavy atom. The van der Waals surface area contributed by atoms with Crippen LogP contribution < -0.4 is 10.1 Å². The second-order valence-electron chi connectivity index (χ2n) is 4.49. The number of carbonyl (C=O) groups is 1. The van der Waals surface area contributed by atoms with Gasteiger partial charge in [0.2, 0.25) is 0 Å². The third-order valence-electron chi connectivity index (χ3n) is 2.24. The Labute approximate surface area is 103 Å². The fourth-order valence-electron chi connectivity index (χ4n) is 1.31. The molecule has 1 aromatic carbocycles. The average Bonchev–Trinajstić information content (AvgIpc) is 2.34. The topological polar surface area (TPSA) is 38.3 Å². The van der Waals surface area contributed by atoms with Crippen LogP contribution >= 0.6 is 0 Å². The molecule has 0 unspecified atom stereocenters. The molecular formula is C14H21NO2. The van der Waals surface area contributed by atoms with Gasteiger partial charge in [0.1, 0.15) is 5.75 Å². The summed E-state index contributed by atoms with van der Waals surface area (Å²) in [7, 11) is 0. The first-order valence-corrected chi connectivity index (χ1v) is 6.14. The van der Waals surface area contributed by atoms with Crippen LogP contribution in [-0.2, 0) is 0 Å². The van der Waals surface area contributed by atoms with E-state index in [9.17, 15) is 4.79 Å². The van der Waals surface area contributed by atoms with Gasteiger partial charge in [-0.1, -0.05) is 20.8 Å². The standard InChI is InChI=1S/C14H21NO2/c1-4-9-15-14(16)12-5-7-13(8-6-12)17-10-11(2)3/h5-8,11H,4,9-10H2,1-3H3,(H,15,16). The van der Waals surface area contributed by atoms with Crippen molar-refractivity contribution in [3.8, 4) is 5.75 Å². The molecule has 0 aliphatic heterocycles. The van der Waals surface area contributed by atoms with Crippen molar-refractivity contribution in [1.29, 1.82) is 0 Å². The van der Waals surface area contributed by atoms with Crippen molar-refractivity contribution < 1.29 is 9.53 Å². The van der Waals surface area contributed by atoms with E-state index in [1.54, 1.807) is 12.1 Å². The smallest absolute Gasteiger partial charge is 0.251 e. The van der Waals surface area contributed by atoms with Gasteiger partial charge < -0.3 is 10.1 Å². The molecule has 1 N–H and O–H groups in total. The van der Waals surface area contributed by atoms with Crippen LogP contribution in [-0.4, -0.2) is 19.1 Å². The van der Waals surface area contributed by atoms with Crippen molar-refractivity contribution in [1.82, 2.24) is 5.32 Å². The number of carbonyl (C=O) groups excluding carboxylic acids is 1. The Kier molecular flexibility index (Phi) is 5.53. The fraction of sp³-hybridized carbons (Fsp3) is 0.500. The summed E-state index contributed by atoms with van der Waals surface area (Å²) in [4.78, 5) is 11.6. The lowest BCUT2D eigenvalue weighted by Gasteiger charge is -2.09. The van der Waals surface area contributed by atoms with Crippen LogP contribution in [0.3, 0.4) is 0 Å². The van der Waals surface area contributed by atoms with Crippen molar-refractivity contribution in [2.75, 3.05) is 13.2 Å². The molecule has 0 bridgehead atoms. The maximum atomic E-state index is 11.6. The lowest BCUT2D eigenvalue weighted by molar-refractivity contribution is 0.0953. The molecular weight excluding hydrogens is 214 g/mol. The molecule has 1 rings (SSSR count). The zero-order valence-corrected chi connectivity index (χ0v) is 10.8. The molecule has 0 aliphatic rings. The summed E-state index contributed by atoms with van der Waals surface area (Å²) in [5.74, 6) is 1.29. The Morgan fingerprint density at radius 3 is 2.47 bits per heavy atom. The molecule has 1 amide bonds. The molecule has 0 aliphatic carbocycles. The molecule has 3 heteroatoms. The van der Waals surface area contributed by atoms with E-state index in [-0.39, 0.29) is 5.91 Å². The molecule has 0 heterocycles. The van der Waals surface area contributed by atoms with E-state index >= 15 is 0 Å². The Morgan fingerprint density at radius 2 is 1.94 bits per heavy atom. The van der Waals surface area contributed by atoms with Crippen LogP contribution in [0.2, 0.25) is 0 Å². The molecule has 0 fully saturated rings. The van der Waals surface area contributed by atoms with E-state index in [4.69, 9.17) is 4.74 Å². The van der Waals surface area contributed by atoms with E-state index in [1.165, 1.54) is 0 Å². The molecule has 0 radical (unpaired) electrons. The van der Waals surface area contributed by atoms with Crippen molar-refractivity contribution >= 4 is 5.91 Å². The lowest BCUT2D eigenvalue weighted by atomic mass is 10.2.